The van der Waals surface area contributed by atoms with Gasteiger partial charge in [0.15, 0.2) is 5.75 Å². The lowest BCUT2D eigenvalue weighted by molar-refractivity contribution is 0.0693. The number of phenolic OH excluding ortho intramolecular Hbond substituents is 1. The summed E-state index contributed by atoms with van der Waals surface area (Å²) in [6.45, 7) is 3.01. The fourth-order valence-electron chi connectivity index (χ4n) is 5.14. The Labute approximate surface area is 318 Å². The standard InChI is InChI=1S/C32H27N5O15S4/c1-16-11-25(17(2)10-24(16)33-35-26-15-21(54(44,45)46)6-9-28(26)55(47,48)49)34-36-30-29(56(50,51)52)13-18-12-19(4-7-22(18)31(30)39)37(3)53(42,43)20-5-8-27(38)23(14-20)32(40)41/h4-15,38-39H,1-3H3,(H,40,41)(H,44,45,46)(H,47,48,49)(H,50,51,52). The van der Waals surface area contributed by atoms with Gasteiger partial charge < -0.3 is 15.3 Å². The molecule has 0 atom stereocenters. The first-order valence-corrected chi connectivity index (χ1v) is 20.9. The molecule has 0 fully saturated rings. The van der Waals surface area contributed by atoms with Crippen molar-refractivity contribution in [3.63, 3.8) is 0 Å². The lowest BCUT2D eigenvalue weighted by Crippen LogP contribution is -2.26. The number of rotatable bonds is 11. The highest BCUT2D eigenvalue weighted by atomic mass is 32.2. The summed E-state index contributed by atoms with van der Waals surface area (Å²) in [7, 11) is -18.2. The van der Waals surface area contributed by atoms with Gasteiger partial charge >= 0.3 is 5.97 Å². The second-order valence-electron chi connectivity index (χ2n) is 11.8. The number of carboxylic acids is 1. The van der Waals surface area contributed by atoms with Crippen molar-refractivity contribution >= 4 is 85.6 Å². The summed E-state index contributed by atoms with van der Waals surface area (Å²) >= 11 is 0. The normalized spacial score (nSPS) is 12.8. The molecule has 0 bridgehead atoms. The zero-order valence-corrected chi connectivity index (χ0v) is 31.9. The minimum Gasteiger partial charge on any atom is -0.507 e. The topological polar surface area (TPSA) is 328 Å². The molecule has 56 heavy (non-hydrogen) atoms. The number of carboxylic acid groups (broad SMARTS) is 1. The Morgan fingerprint density at radius 1 is 0.607 bits per heavy atom. The predicted octanol–water partition coefficient (Wildman–Crippen LogP) is 5.96. The van der Waals surface area contributed by atoms with Gasteiger partial charge in [-0.25, -0.2) is 13.2 Å². The molecule has 24 heteroatoms. The number of hydrogen-bond donors (Lipinski definition) is 6. The minimum absolute atomic E-state index is 0.0512. The monoisotopic (exact) mass is 849 g/mol. The summed E-state index contributed by atoms with van der Waals surface area (Å²) in [6, 6.07) is 12.0. The molecule has 0 heterocycles. The molecule has 5 aromatic carbocycles. The summed E-state index contributed by atoms with van der Waals surface area (Å²) in [5.74, 6) is -3.02. The molecule has 5 aromatic rings. The van der Waals surface area contributed by atoms with Crippen molar-refractivity contribution in [3.8, 4) is 11.5 Å². The molecule has 0 amide bonds. The largest absolute Gasteiger partial charge is 0.507 e. The van der Waals surface area contributed by atoms with E-state index >= 15 is 0 Å². The molecule has 0 saturated carbocycles. The van der Waals surface area contributed by atoms with E-state index in [-0.39, 0.29) is 27.8 Å². The van der Waals surface area contributed by atoms with Crippen molar-refractivity contribution in [2.24, 2.45) is 20.5 Å². The molecular weight excluding hydrogens is 823 g/mol. The Kier molecular flexibility index (Phi) is 10.8. The molecule has 0 radical (unpaired) electrons. The van der Waals surface area contributed by atoms with Crippen molar-refractivity contribution < 1.29 is 67.4 Å². The number of aryl methyl sites for hydroxylation is 2. The van der Waals surface area contributed by atoms with E-state index in [0.29, 0.717) is 23.3 Å². The van der Waals surface area contributed by atoms with E-state index in [9.17, 15) is 67.4 Å². The molecule has 6 N–H and O–H groups in total. The molecule has 0 spiro atoms. The van der Waals surface area contributed by atoms with Gasteiger partial charge in [-0.15, -0.1) is 10.2 Å². The first-order valence-electron chi connectivity index (χ1n) is 15.2. The molecule has 0 aliphatic carbocycles. The van der Waals surface area contributed by atoms with E-state index in [1.54, 1.807) is 0 Å². The fourth-order valence-corrected chi connectivity index (χ4v) is 8.12. The number of aromatic carboxylic acids is 1. The van der Waals surface area contributed by atoms with Crippen LogP contribution in [-0.4, -0.2) is 75.7 Å². The number of hydrogen-bond acceptors (Lipinski definition) is 15. The molecule has 5 rings (SSSR count). The van der Waals surface area contributed by atoms with Crippen LogP contribution in [-0.2, 0) is 40.4 Å². The summed E-state index contributed by atoms with van der Waals surface area (Å²) in [5, 5.41) is 45.7. The summed E-state index contributed by atoms with van der Waals surface area (Å²) in [5.41, 5.74) is -1.30. The highest BCUT2D eigenvalue weighted by molar-refractivity contribution is 7.92. The van der Waals surface area contributed by atoms with Crippen LogP contribution >= 0.6 is 0 Å². The predicted molar refractivity (Wildman–Crippen MR) is 196 cm³/mol. The van der Waals surface area contributed by atoms with E-state index in [4.69, 9.17) is 0 Å². The van der Waals surface area contributed by atoms with E-state index in [1.807, 2.05) is 0 Å². The number of anilines is 1. The second kappa shape index (κ2) is 14.6. The molecule has 0 aliphatic heterocycles. The number of sulfonamides is 1. The smallest absolute Gasteiger partial charge is 0.339 e. The van der Waals surface area contributed by atoms with Crippen molar-refractivity contribution in [1.29, 1.82) is 0 Å². The highest BCUT2D eigenvalue weighted by Gasteiger charge is 2.27. The van der Waals surface area contributed by atoms with Crippen LogP contribution in [0.15, 0.2) is 113 Å². The Morgan fingerprint density at radius 3 is 1.71 bits per heavy atom. The Hall–Kier alpha value is -5.89. The number of carbonyl (C=O) groups is 1. The van der Waals surface area contributed by atoms with Crippen LogP contribution in [0.5, 0.6) is 11.5 Å². The van der Waals surface area contributed by atoms with Gasteiger partial charge in [0.1, 0.15) is 32.5 Å². The molecular formula is C32H27N5O15S4. The fraction of sp³-hybridized carbons (Fsp3) is 0.0938. The Morgan fingerprint density at radius 2 is 1.16 bits per heavy atom. The lowest BCUT2D eigenvalue weighted by Gasteiger charge is -2.21. The lowest BCUT2D eigenvalue weighted by atomic mass is 10.1. The van der Waals surface area contributed by atoms with Gasteiger partial charge in [0.05, 0.1) is 26.9 Å². The third-order valence-electron chi connectivity index (χ3n) is 8.08. The Bertz CT molecular complexity index is 3010. The number of phenols is 2. The maximum atomic E-state index is 13.4. The quantitative estimate of drug-likeness (QED) is 0.0659. The second-order valence-corrected chi connectivity index (χ2v) is 18.0. The number of nitrogens with zero attached hydrogens (tertiary/aromatic N) is 5. The molecule has 0 aliphatic rings. The van der Waals surface area contributed by atoms with Crippen LogP contribution in [0.2, 0.25) is 0 Å². The maximum Gasteiger partial charge on any atom is 0.339 e. The summed E-state index contributed by atoms with van der Waals surface area (Å²) in [4.78, 5) is 8.49. The van der Waals surface area contributed by atoms with Crippen LogP contribution in [0.4, 0.5) is 28.4 Å². The number of fused-ring (bicyclic) bond motifs is 1. The van der Waals surface area contributed by atoms with E-state index in [2.05, 4.69) is 20.5 Å². The summed E-state index contributed by atoms with van der Waals surface area (Å²) in [6.07, 6.45) is 0. The minimum atomic E-state index is -5.12. The number of aromatic hydroxyl groups is 2. The zero-order chi connectivity index (χ0) is 41.7. The van der Waals surface area contributed by atoms with Gasteiger partial charge in [0.25, 0.3) is 40.4 Å². The van der Waals surface area contributed by atoms with Gasteiger partial charge in [0, 0.05) is 12.4 Å². The average molecular weight is 850 g/mol. The average Bonchev–Trinajstić information content (AvgIpc) is 3.09. The van der Waals surface area contributed by atoms with Crippen LogP contribution in [0, 0.1) is 13.8 Å². The van der Waals surface area contributed by atoms with Gasteiger partial charge in [-0.1, -0.05) is 0 Å². The number of azo groups is 2. The van der Waals surface area contributed by atoms with Crippen LogP contribution < -0.4 is 4.31 Å². The zero-order valence-electron chi connectivity index (χ0n) is 28.7. The molecule has 294 valence electrons. The van der Waals surface area contributed by atoms with Crippen LogP contribution in [0.1, 0.15) is 21.5 Å². The molecule has 20 nitrogen and oxygen atoms in total. The van der Waals surface area contributed by atoms with Gasteiger partial charge in [-0.3, -0.25) is 18.0 Å². The molecule has 0 unspecified atom stereocenters. The number of benzene rings is 5. The maximum absolute atomic E-state index is 13.4. The van der Waals surface area contributed by atoms with Crippen LogP contribution in [0.3, 0.4) is 0 Å². The van der Waals surface area contributed by atoms with Gasteiger partial charge in [0.2, 0.25) is 0 Å². The van der Waals surface area contributed by atoms with E-state index in [1.165, 1.54) is 44.2 Å². The first-order chi connectivity index (χ1) is 25.8. The van der Waals surface area contributed by atoms with Crippen molar-refractivity contribution in [2.75, 3.05) is 11.4 Å². The van der Waals surface area contributed by atoms with E-state index < -0.39 is 94.4 Å². The van der Waals surface area contributed by atoms with E-state index in [0.717, 1.165) is 41.7 Å². The third-order valence-corrected chi connectivity index (χ3v) is 12.5. The van der Waals surface area contributed by atoms with Gasteiger partial charge in [-0.2, -0.15) is 35.5 Å². The summed E-state index contributed by atoms with van der Waals surface area (Å²) < 4.78 is 128. The SMILES string of the molecule is Cc1cc(N=Nc2c(S(=O)(=O)O)cc3cc(N(C)S(=O)(=O)c4ccc(O)c(C(=O)O)c4)ccc3c2O)c(C)cc1N=Nc1cc(S(=O)(=O)O)ccc1S(=O)(=O)O. The van der Waals surface area contributed by atoms with Crippen molar-refractivity contribution in [2.45, 2.75) is 33.4 Å². The first kappa shape index (κ1) is 41.3. The molecule has 0 aromatic heterocycles. The van der Waals surface area contributed by atoms with Crippen LogP contribution in [0.25, 0.3) is 10.8 Å². The van der Waals surface area contributed by atoms with Gasteiger partial charge in [-0.05, 0) is 103 Å². The molecule has 0 saturated heterocycles. The third kappa shape index (κ3) is 8.35. The Balaban J connectivity index is 1.53. The highest BCUT2D eigenvalue weighted by Crippen LogP contribution is 2.43. The van der Waals surface area contributed by atoms with Crippen molar-refractivity contribution in [3.05, 3.63) is 89.5 Å². The van der Waals surface area contributed by atoms with Crippen molar-refractivity contribution in [1.82, 2.24) is 0 Å².